The quantitative estimate of drug-likeness (QED) is 0.859. The van der Waals surface area contributed by atoms with Gasteiger partial charge in [0, 0.05) is 13.0 Å². The Bertz CT molecular complexity index is 692. The van der Waals surface area contributed by atoms with Gasteiger partial charge in [0.15, 0.2) is 0 Å². The summed E-state index contributed by atoms with van der Waals surface area (Å²) in [6, 6.07) is 16.6. The van der Waals surface area contributed by atoms with E-state index in [-0.39, 0.29) is 12.3 Å². The van der Waals surface area contributed by atoms with Crippen molar-refractivity contribution in [2.45, 2.75) is 6.42 Å². The summed E-state index contributed by atoms with van der Waals surface area (Å²) in [5, 5.41) is 14.9. The van der Waals surface area contributed by atoms with Crippen molar-refractivity contribution in [2.24, 2.45) is 0 Å². The molecule has 0 radical (unpaired) electrons. The molecule has 0 saturated heterocycles. The molecule has 0 unspecified atom stereocenters. The molecule has 2 rings (SSSR count). The summed E-state index contributed by atoms with van der Waals surface area (Å²) in [5.41, 5.74) is 1.94. The smallest absolute Gasteiger partial charge is 0.226 e. The number of hydrogen-bond acceptors (Lipinski definition) is 4. The third-order valence-electron chi connectivity index (χ3n) is 3.10. The normalized spacial score (nSPS) is 9.64. The minimum atomic E-state index is -0.119. The monoisotopic (exact) mass is 295 g/mol. The van der Waals surface area contributed by atoms with Crippen LogP contribution in [0.3, 0.4) is 0 Å². The minimum Gasteiger partial charge on any atom is -0.495 e. The van der Waals surface area contributed by atoms with Crippen molar-refractivity contribution in [1.82, 2.24) is 0 Å². The highest BCUT2D eigenvalue weighted by Crippen LogP contribution is 2.23. The molecule has 0 bridgehead atoms. The predicted molar refractivity (Wildman–Crippen MR) is 85.9 cm³/mol. The molecule has 2 aromatic rings. The lowest BCUT2D eigenvalue weighted by molar-refractivity contribution is -0.116. The van der Waals surface area contributed by atoms with E-state index in [1.165, 1.54) is 0 Å². The number of nitrogens with zero attached hydrogens (tertiary/aromatic N) is 1. The van der Waals surface area contributed by atoms with E-state index in [1.54, 1.807) is 31.4 Å². The number of para-hydroxylation sites is 3. The highest BCUT2D eigenvalue weighted by molar-refractivity contribution is 5.92. The van der Waals surface area contributed by atoms with Gasteiger partial charge in [0.05, 0.1) is 24.0 Å². The van der Waals surface area contributed by atoms with Crippen LogP contribution in [-0.4, -0.2) is 19.6 Å². The van der Waals surface area contributed by atoms with E-state index in [9.17, 15) is 4.79 Å². The summed E-state index contributed by atoms with van der Waals surface area (Å²) in [6.45, 7) is 0.444. The van der Waals surface area contributed by atoms with E-state index in [1.807, 2.05) is 24.3 Å². The Balaban J connectivity index is 1.87. The van der Waals surface area contributed by atoms with Crippen LogP contribution < -0.4 is 15.4 Å². The average Bonchev–Trinajstić information content (AvgIpc) is 2.55. The molecule has 5 heteroatoms. The number of rotatable bonds is 6. The van der Waals surface area contributed by atoms with Gasteiger partial charge < -0.3 is 15.4 Å². The van der Waals surface area contributed by atoms with Gasteiger partial charge in [0.2, 0.25) is 5.91 Å². The topological polar surface area (TPSA) is 74.2 Å². The third-order valence-corrected chi connectivity index (χ3v) is 3.10. The molecule has 0 saturated carbocycles. The van der Waals surface area contributed by atoms with Crippen molar-refractivity contribution in [3.8, 4) is 11.8 Å². The van der Waals surface area contributed by atoms with Crippen LogP contribution in [0.25, 0.3) is 0 Å². The molecule has 0 aliphatic rings. The summed E-state index contributed by atoms with van der Waals surface area (Å²) >= 11 is 0. The van der Waals surface area contributed by atoms with Gasteiger partial charge in [0.1, 0.15) is 11.8 Å². The Labute approximate surface area is 129 Å². The van der Waals surface area contributed by atoms with E-state index >= 15 is 0 Å². The molecule has 0 aliphatic carbocycles. The van der Waals surface area contributed by atoms with Gasteiger partial charge in [0.25, 0.3) is 0 Å². The molecule has 0 heterocycles. The van der Waals surface area contributed by atoms with Gasteiger partial charge in [-0.25, -0.2) is 0 Å². The summed E-state index contributed by atoms with van der Waals surface area (Å²) in [4.78, 5) is 12.0. The van der Waals surface area contributed by atoms with E-state index in [4.69, 9.17) is 10.00 Å². The standard InChI is InChI=1S/C17H17N3O2/c1-22-16-9-5-4-8-15(16)20-17(21)10-11-19-14-7-3-2-6-13(14)12-18/h2-9,19H,10-11H2,1H3,(H,20,21). The van der Waals surface area contributed by atoms with Gasteiger partial charge >= 0.3 is 0 Å². The zero-order valence-corrected chi connectivity index (χ0v) is 12.3. The fourth-order valence-corrected chi connectivity index (χ4v) is 2.01. The average molecular weight is 295 g/mol. The summed E-state index contributed by atoms with van der Waals surface area (Å²) in [6.07, 6.45) is 0.289. The number of anilines is 2. The van der Waals surface area contributed by atoms with Crippen molar-refractivity contribution in [2.75, 3.05) is 24.3 Å². The first-order valence-electron chi connectivity index (χ1n) is 6.90. The lowest BCUT2D eigenvalue weighted by Crippen LogP contribution is -2.17. The van der Waals surface area contributed by atoms with E-state index in [0.717, 1.165) is 5.69 Å². The number of carbonyl (C=O) groups excluding carboxylic acids is 1. The fourth-order valence-electron chi connectivity index (χ4n) is 2.01. The highest BCUT2D eigenvalue weighted by Gasteiger charge is 2.07. The maximum atomic E-state index is 12.0. The lowest BCUT2D eigenvalue weighted by Gasteiger charge is -2.11. The molecule has 0 spiro atoms. The molecule has 0 aromatic heterocycles. The number of hydrogen-bond donors (Lipinski definition) is 2. The van der Waals surface area contributed by atoms with Gasteiger partial charge in [-0.2, -0.15) is 5.26 Å². The van der Waals surface area contributed by atoms with Crippen LogP contribution in [0, 0.1) is 11.3 Å². The van der Waals surface area contributed by atoms with Crippen molar-refractivity contribution < 1.29 is 9.53 Å². The number of amides is 1. The van der Waals surface area contributed by atoms with Crippen molar-refractivity contribution in [3.63, 3.8) is 0 Å². The second-order valence-corrected chi connectivity index (χ2v) is 4.58. The maximum Gasteiger partial charge on any atom is 0.226 e. The zero-order chi connectivity index (χ0) is 15.8. The third kappa shape index (κ3) is 4.00. The molecule has 0 fully saturated rings. The van der Waals surface area contributed by atoms with E-state index in [2.05, 4.69) is 16.7 Å². The van der Waals surface area contributed by atoms with Crippen LogP contribution in [-0.2, 0) is 4.79 Å². The molecule has 2 aromatic carbocycles. The van der Waals surface area contributed by atoms with Crippen LogP contribution in [0.15, 0.2) is 48.5 Å². The van der Waals surface area contributed by atoms with Crippen molar-refractivity contribution in [1.29, 1.82) is 5.26 Å². The van der Waals surface area contributed by atoms with Crippen LogP contribution in [0.4, 0.5) is 11.4 Å². The molecule has 5 nitrogen and oxygen atoms in total. The zero-order valence-electron chi connectivity index (χ0n) is 12.3. The second kappa shape index (κ2) is 7.70. The molecule has 0 atom stereocenters. The van der Waals surface area contributed by atoms with E-state index in [0.29, 0.717) is 23.5 Å². The summed E-state index contributed by atoms with van der Waals surface area (Å²) in [7, 11) is 1.56. The minimum absolute atomic E-state index is 0.119. The van der Waals surface area contributed by atoms with Crippen molar-refractivity contribution >= 4 is 17.3 Å². The summed E-state index contributed by atoms with van der Waals surface area (Å²) in [5.74, 6) is 0.505. The largest absolute Gasteiger partial charge is 0.495 e. The first kappa shape index (κ1) is 15.4. The second-order valence-electron chi connectivity index (χ2n) is 4.58. The lowest BCUT2D eigenvalue weighted by atomic mass is 10.2. The number of carbonyl (C=O) groups is 1. The molecule has 1 amide bonds. The molecular weight excluding hydrogens is 278 g/mol. The van der Waals surface area contributed by atoms with Crippen molar-refractivity contribution in [3.05, 3.63) is 54.1 Å². The Morgan fingerprint density at radius 1 is 1.14 bits per heavy atom. The van der Waals surface area contributed by atoms with Gasteiger partial charge in [-0.3, -0.25) is 4.79 Å². The van der Waals surface area contributed by atoms with Gasteiger partial charge in [-0.1, -0.05) is 24.3 Å². The number of nitriles is 1. The fraction of sp³-hybridized carbons (Fsp3) is 0.176. The molecule has 0 aliphatic heterocycles. The Hall–Kier alpha value is -3.00. The molecule has 2 N–H and O–H groups in total. The number of benzene rings is 2. The van der Waals surface area contributed by atoms with Gasteiger partial charge in [-0.05, 0) is 24.3 Å². The Morgan fingerprint density at radius 2 is 1.82 bits per heavy atom. The molecule has 22 heavy (non-hydrogen) atoms. The molecule has 112 valence electrons. The molecular formula is C17H17N3O2. The van der Waals surface area contributed by atoms with Crippen LogP contribution >= 0.6 is 0 Å². The first-order chi connectivity index (χ1) is 10.7. The van der Waals surface area contributed by atoms with Gasteiger partial charge in [-0.15, -0.1) is 0 Å². The Kier molecular flexibility index (Phi) is 5.38. The SMILES string of the molecule is COc1ccccc1NC(=O)CCNc1ccccc1C#N. The Morgan fingerprint density at radius 3 is 2.55 bits per heavy atom. The number of ether oxygens (including phenoxy) is 1. The summed E-state index contributed by atoms with van der Waals surface area (Å²) < 4.78 is 5.18. The van der Waals surface area contributed by atoms with Crippen LogP contribution in [0.1, 0.15) is 12.0 Å². The van der Waals surface area contributed by atoms with Crippen LogP contribution in [0.5, 0.6) is 5.75 Å². The number of nitrogens with one attached hydrogen (secondary N) is 2. The maximum absolute atomic E-state index is 12.0. The number of methoxy groups -OCH3 is 1. The highest BCUT2D eigenvalue weighted by atomic mass is 16.5. The predicted octanol–water partition coefficient (Wildman–Crippen LogP) is 3.01. The van der Waals surface area contributed by atoms with E-state index < -0.39 is 0 Å². The van der Waals surface area contributed by atoms with Crippen LogP contribution in [0.2, 0.25) is 0 Å². The first-order valence-corrected chi connectivity index (χ1v) is 6.90.